The maximum absolute atomic E-state index is 12.5. The maximum atomic E-state index is 12.5. The fourth-order valence-electron chi connectivity index (χ4n) is 3.79. The van der Waals surface area contributed by atoms with Gasteiger partial charge in [-0.05, 0) is 36.4 Å². The van der Waals surface area contributed by atoms with Crippen LogP contribution in [0.5, 0.6) is 5.75 Å². The van der Waals surface area contributed by atoms with Crippen LogP contribution in [0.15, 0.2) is 54.6 Å². The highest BCUT2D eigenvalue weighted by molar-refractivity contribution is 5.94. The largest absolute Gasteiger partial charge is 0.463 e. The molecule has 1 fully saturated rings. The highest BCUT2D eigenvalue weighted by atomic mass is 16.7. The smallest absolute Gasteiger partial charge is 0.252 e. The number of nitrogens with two attached hydrogens (primary N) is 1. The predicted octanol–water partition coefficient (Wildman–Crippen LogP) is -0.214. The summed E-state index contributed by atoms with van der Waals surface area (Å²) in [5.41, 5.74) is 6.83. The second-order valence-corrected chi connectivity index (χ2v) is 8.77. The van der Waals surface area contributed by atoms with Gasteiger partial charge in [-0.2, -0.15) is 0 Å². The molecule has 1 heterocycles. The molecule has 1 aliphatic heterocycles. The third-order valence-corrected chi connectivity index (χ3v) is 6.05. The molecule has 2 aromatic rings. The van der Waals surface area contributed by atoms with E-state index in [0.717, 1.165) is 0 Å². The Morgan fingerprint density at radius 1 is 1.05 bits per heavy atom. The zero-order chi connectivity index (χ0) is 27.7. The molecule has 0 aliphatic carbocycles. The van der Waals surface area contributed by atoms with Crippen molar-refractivity contribution in [2.24, 2.45) is 5.73 Å². The molecule has 1 saturated heterocycles. The van der Waals surface area contributed by atoms with Crippen molar-refractivity contribution in [3.05, 3.63) is 60.2 Å². The molecule has 7 N–H and O–H groups in total. The predicted molar refractivity (Wildman–Crippen MR) is 137 cm³/mol. The van der Waals surface area contributed by atoms with E-state index < -0.39 is 37.3 Å². The van der Waals surface area contributed by atoms with Crippen molar-refractivity contribution in [2.75, 3.05) is 25.1 Å². The zero-order valence-electron chi connectivity index (χ0n) is 21.0. The van der Waals surface area contributed by atoms with Gasteiger partial charge < -0.3 is 46.1 Å². The van der Waals surface area contributed by atoms with Crippen LogP contribution in [0.1, 0.15) is 30.1 Å². The number of carbonyl (C=O) groups excluding carboxylic acids is 3. The van der Waals surface area contributed by atoms with Gasteiger partial charge >= 0.3 is 0 Å². The maximum Gasteiger partial charge on any atom is 0.252 e. The van der Waals surface area contributed by atoms with Crippen LogP contribution < -0.4 is 21.1 Å². The molecule has 38 heavy (non-hydrogen) atoms. The van der Waals surface area contributed by atoms with Crippen molar-refractivity contribution >= 4 is 23.4 Å². The molecule has 0 spiro atoms. The molecule has 0 bridgehead atoms. The summed E-state index contributed by atoms with van der Waals surface area (Å²) in [6, 6.07) is 13.9. The van der Waals surface area contributed by atoms with Crippen molar-refractivity contribution in [1.82, 2.24) is 10.2 Å². The van der Waals surface area contributed by atoms with Crippen molar-refractivity contribution in [1.29, 1.82) is 0 Å². The Balaban J connectivity index is 1.49. The number of aliphatic hydroxyl groups excluding tert-OH is 3. The van der Waals surface area contributed by atoms with E-state index in [1.165, 1.54) is 4.90 Å². The lowest BCUT2D eigenvalue weighted by molar-refractivity contribution is -0.239. The van der Waals surface area contributed by atoms with Crippen LogP contribution in [-0.4, -0.2) is 88.4 Å². The van der Waals surface area contributed by atoms with Gasteiger partial charge in [-0.15, -0.1) is 0 Å². The fourth-order valence-corrected chi connectivity index (χ4v) is 3.79. The number of nitrogens with zero attached hydrogens (tertiary/aromatic N) is 1. The van der Waals surface area contributed by atoms with Gasteiger partial charge in [0.2, 0.25) is 18.1 Å². The summed E-state index contributed by atoms with van der Waals surface area (Å²) in [6.45, 7) is 1.28. The average Bonchev–Trinajstić information content (AvgIpc) is 2.94. The molecule has 5 unspecified atom stereocenters. The van der Waals surface area contributed by atoms with Crippen LogP contribution in [0, 0.1) is 0 Å². The van der Waals surface area contributed by atoms with Crippen molar-refractivity contribution in [3.63, 3.8) is 0 Å². The number of anilines is 1. The minimum Gasteiger partial charge on any atom is -0.463 e. The summed E-state index contributed by atoms with van der Waals surface area (Å²) < 4.78 is 11.1. The number of nitrogens with one attached hydrogen (secondary N) is 2. The van der Waals surface area contributed by atoms with Crippen LogP contribution in [0.25, 0.3) is 0 Å². The lowest BCUT2D eigenvalue weighted by Gasteiger charge is -2.40. The number of hydrogen-bond donors (Lipinski definition) is 6. The van der Waals surface area contributed by atoms with Gasteiger partial charge in [-0.3, -0.25) is 14.4 Å². The van der Waals surface area contributed by atoms with Gasteiger partial charge in [0.1, 0.15) is 24.1 Å². The second kappa shape index (κ2) is 13.8. The second-order valence-electron chi connectivity index (χ2n) is 8.77. The van der Waals surface area contributed by atoms with E-state index in [0.29, 0.717) is 17.0 Å². The molecule has 12 nitrogen and oxygen atoms in total. The molecule has 2 aromatic carbocycles. The van der Waals surface area contributed by atoms with Crippen molar-refractivity contribution in [3.8, 4) is 5.75 Å². The third kappa shape index (κ3) is 7.73. The Labute approximate surface area is 220 Å². The Kier molecular flexibility index (Phi) is 10.6. The standard InChI is InChI=1S/C26H34N4O8/c1-2-21(33)30(15-28-25(36)16-6-4-3-5-7-16)13-12-20(32)29-17-8-10-18(11-9-17)37-26-22(27)24(35)23(34)19(14-31)38-26/h3-11,19,22-24,26,31,34-35H,2,12-15,27H2,1H3,(H,28,36)(H,29,32). The first-order valence-electron chi connectivity index (χ1n) is 12.3. The molecule has 1 aliphatic rings. The summed E-state index contributed by atoms with van der Waals surface area (Å²) in [6.07, 6.45) is -4.58. The Hall–Kier alpha value is -3.55. The minimum atomic E-state index is -1.34. The minimum absolute atomic E-state index is 0.0126. The van der Waals surface area contributed by atoms with Gasteiger partial charge in [0, 0.05) is 30.6 Å². The molecule has 0 radical (unpaired) electrons. The van der Waals surface area contributed by atoms with Crippen LogP contribution in [0.2, 0.25) is 0 Å². The molecule has 3 amide bonds. The van der Waals surface area contributed by atoms with E-state index in [1.807, 2.05) is 0 Å². The average molecular weight is 531 g/mol. The lowest BCUT2D eigenvalue weighted by Crippen LogP contribution is -2.63. The van der Waals surface area contributed by atoms with Gasteiger partial charge in [-0.25, -0.2) is 0 Å². The van der Waals surface area contributed by atoms with Gasteiger partial charge in [0.15, 0.2) is 0 Å². The number of amides is 3. The van der Waals surface area contributed by atoms with E-state index in [-0.39, 0.29) is 43.8 Å². The first kappa shape index (κ1) is 29.0. The number of rotatable bonds is 11. The molecule has 3 rings (SSSR count). The fraction of sp³-hybridized carbons (Fsp3) is 0.423. The number of aliphatic hydroxyl groups is 3. The monoisotopic (exact) mass is 530 g/mol. The highest BCUT2D eigenvalue weighted by Crippen LogP contribution is 2.24. The Bertz CT molecular complexity index is 1070. The number of benzene rings is 2. The highest BCUT2D eigenvalue weighted by Gasteiger charge is 2.43. The summed E-state index contributed by atoms with van der Waals surface area (Å²) in [5.74, 6) is -0.514. The van der Waals surface area contributed by atoms with Crippen LogP contribution in [-0.2, 0) is 14.3 Å². The third-order valence-electron chi connectivity index (χ3n) is 6.05. The van der Waals surface area contributed by atoms with Gasteiger partial charge in [0.25, 0.3) is 5.91 Å². The number of hydrogen-bond acceptors (Lipinski definition) is 9. The topological polar surface area (TPSA) is 184 Å². The van der Waals surface area contributed by atoms with E-state index in [2.05, 4.69) is 10.6 Å². The Morgan fingerprint density at radius 3 is 2.37 bits per heavy atom. The number of carbonyl (C=O) groups is 3. The molecule has 5 atom stereocenters. The van der Waals surface area contributed by atoms with E-state index in [1.54, 1.807) is 61.5 Å². The van der Waals surface area contributed by atoms with E-state index in [9.17, 15) is 29.7 Å². The molecule has 206 valence electrons. The van der Waals surface area contributed by atoms with Gasteiger partial charge in [0.05, 0.1) is 19.3 Å². The molecule has 0 aromatic heterocycles. The van der Waals surface area contributed by atoms with Crippen LogP contribution in [0.4, 0.5) is 5.69 Å². The molecular weight excluding hydrogens is 496 g/mol. The number of ether oxygens (including phenoxy) is 2. The SMILES string of the molecule is CCC(=O)N(CCC(=O)Nc1ccc(OC2OC(CO)C(O)C(O)C2N)cc1)CNC(=O)c1ccccc1. The lowest BCUT2D eigenvalue weighted by atomic mass is 9.98. The normalized spacial score (nSPS) is 22.8. The van der Waals surface area contributed by atoms with Crippen molar-refractivity contribution < 1.29 is 39.2 Å². The molecule has 0 saturated carbocycles. The summed E-state index contributed by atoms with van der Waals surface area (Å²) in [5, 5.41) is 34.7. The first-order valence-corrected chi connectivity index (χ1v) is 12.3. The van der Waals surface area contributed by atoms with E-state index >= 15 is 0 Å². The zero-order valence-corrected chi connectivity index (χ0v) is 21.0. The van der Waals surface area contributed by atoms with Crippen molar-refractivity contribution in [2.45, 2.75) is 50.4 Å². The van der Waals surface area contributed by atoms with Crippen LogP contribution >= 0.6 is 0 Å². The molecule has 12 heteroatoms. The van der Waals surface area contributed by atoms with Crippen LogP contribution in [0.3, 0.4) is 0 Å². The summed E-state index contributed by atoms with van der Waals surface area (Å²) >= 11 is 0. The van der Waals surface area contributed by atoms with E-state index in [4.69, 9.17) is 15.2 Å². The summed E-state index contributed by atoms with van der Waals surface area (Å²) in [7, 11) is 0. The molecular formula is C26H34N4O8. The summed E-state index contributed by atoms with van der Waals surface area (Å²) in [4.78, 5) is 38.5. The first-order chi connectivity index (χ1) is 18.2. The quantitative estimate of drug-likeness (QED) is 0.214. The Morgan fingerprint density at radius 2 is 1.74 bits per heavy atom. The van der Waals surface area contributed by atoms with Gasteiger partial charge in [-0.1, -0.05) is 25.1 Å².